The fourth-order valence-electron chi connectivity index (χ4n) is 3.48. The number of fused-ring (bicyclic) bond motifs is 1. The number of aromatic amines is 1. The average Bonchev–Trinajstić information content (AvgIpc) is 3.28. The minimum atomic E-state index is 0.175. The van der Waals surface area contributed by atoms with Crippen LogP contribution < -0.4 is 10.6 Å². The minimum absolute atomic E-state index is 0.175. The maximum absolute atomic E-state index is 4.74. The fourth-order valence-corrected chi connectivity index (χ4v) is 3.48. The van der Waals surface area contributed by atoms with Crippen LogP contribution in [0.25, 0.3) is 5.52 Å². The third-order valence-electron chi connectivity index (χ3n) is 5.17. The summed E-state index contributed by atoms with van der Waals surface area (Å²) in [5.74, 6) is 2.69. The van der Waals surface area contributed by atoms with Crippen LogP contribution in [0.2, 0.25) is 0 Å². The molecule has 1 saturated carbocycles. The Hall–Kier alpha value is -3.35. The van der Waals surface area contributed by atoms with Crippen molar-refractivity contribution >= 4 is 23.1 Å². The Bertz CT molecular complexity index is 1080. The third-order valence-corrected chi connectivity index (χ3v) is 5.17. The number of hydrogen-bond acceptors (Lipinski definition) is 5. The summed E-state index contributed by atoms with van der Waals surface area (Å²) in [6.07, 6.45) is 5.35. The van der Waals surface area contributed by atoms with Gasteiger partial charge in [-0.2, -0.15) is 10.1 Å². The minimum Gasteiger partial charge on any atom is -0.361 e. The van der Waals surface area contributed by atoms with Crippen LogP contribution in [0.4, 0.5) is 17.6 Å². The summed E-state index contributed by atoms with van der Waals surface area (Å²) < 4.78 is 1.84. The zero-order valence-electron chi connectivity index (χ0n) is 15.8. The summed E-state index contributed by atoms with van der Waals surface area (Å²) in [5, 5.41) is 18.9. The highest BCUT2D eigenvalue weighted by molar-refractivity contribution is 5.70. The van der Waals surface area contributed by atoms with Gasteiger partial charge in [-0.1, -0.05) is 37.3 Å². The molecular weight excluding hydrogens is 350 g/mol. The molecule has 1 aliphatic carbocycles. The monoisotopic (exact) mass is 373 g/mol. The highest BCUT2D eigenvalue weighted by atomic mass is 15.3. The molecule has 5 rings (SSSR count). The standard InChI is InChI=1S/C21H23N7/c1-2-16(14-7-4-3-5-8-14)22-20-18-9-6-12-28(18)27-21(24-20)23-19-13-17(25-26-19)15-10-11-15/h3-9,12-13,15-16H,2,10-11H2,1H3,(H3,22,23,24,25,26,27)/t16-/m0/s1. The first kappa shape index (κ1) is 16.8. The molecule has 0 saturated heterocycles. The van der Waals surface area contributed by atoms with E-state index in [1.807, 2.05) is 35.0 Å². The maximum Gasteiger partial charge on any atom is 0.248 e. The van der Waals surface area contributed by atoms with Crippen LogP contribution in [0, 0.1) is 0 Å². The van der Waals surface area contributed by atoms with Crippen LogP contribution >= 0.6 is 0 Å². The van der Waals surface area contributed by atoms with E-state index >= 15 is 0 Å². The van der Waals surface area contributed by atoms with Crippen molar-refractivity contribution in [3.63, 3.8) is 0 Å². The molecule has 7 nitrogen and oxygen atoms in total. The Kier molecular flexibility index (Phi) is 4.20. The second-order valence-corrected chi connectivity index (χ2v) is 7.25. The van der Waals surface area contributed by atoms with Gasteiger partial charge in [0.2, 0.25) is 5.95 Å². The Morgan fingerprint density at radius 3 is 2.82 bits per heavy atom. The van der Waals surface area contributed by atoms with Crippen LogP contribution in [0.1, 0.15) is 49.4 Å². The van der Waals surface area contributed by atoms with Crippen molar-refractivity contribution < 1.29 is 0 Å². The Morgan fingerprint density at radius 2 is 2.04 bits per heavy atom. The Labute approximate surface area is 163 Å². The van der Waals surface area contributed by atoms with E-state index in [4.69, 9.17) is 4.98 Å². The van der Waals surface area contributed by atoms with Crippen molar-refractivity contribution in [2.24, 2.45) is 0 Å². The molecule has 28 heavy (non-hydrogen) atoms. The quantitative estimate of drug-likeness (QED) is 0.440. The molecule has 3 heterocycles. The highest BCUT2D eigenvalue weighted by Crippen LogP contribution is 2.39. The lowest BCUT2D eigenvalue weighted by atomic mass is 10.0. The lowest BCUT2D eigenvalue weighted by molar-refractivity contribution is 0.742. The summed E-state index contributed by atoms with van der Waals surface area (Å²) >= 11 is 0. The summed E-state index contributed by atoms with van der Waals surface area (Å²) in [7, 11) is 0. The van der Waals surface area contributed by atoms with E-state index in [-0.39, 0.29) is 6.04 Å². The second-order valence-electron chi connectivity index (χ2n) is 7.25. The lowest BCUT2D eigenvalue weighted by Crippen LogP contribution is -2.13. The summed E-state index contributed by atoms with van der Waals surface area (Å²) in [5.41, 5.74) is 3.36. The molecule has 4 aromatic rings. The molecule has 0 bridgehead atoms. The number of nitrogens with zero attached hydrogens (tertiary/aromatic N) is 4. The summed E-state index contributed by atoms with van der Waals surface area (Å²) in [6.45, 7) is 2.17. The van der Waals surface area contributed by atoms with Gasteiger partial charge < -0.3 is 10.6 Å². The lowest BCUT2D eigenvalue weighted by Gasteiger charge is -2.19. The second kappa shape index (κ2) is 6.99. The van der Waals surface area contributed by atoms with Gasteiger partial charge in [-0.15, -0.1) is 5.10 Å². The van der Waals surface area contributed by atoms with Crippen molar-refractivity contribution in [3.05, 3.63) is 66.0 Å². The maximum atomic E-state index is 4.74. The molecule has 0 radical (unpaired) electrons. The normalized spacial score (nSPS) is 14.9. The summed E-state index contributed by atoms with van der Waals surface area (Å²) in [4.78, 5) is 4.74. The van der Waals surface area contributed by atoms with Gasteiger partial charge in [-0.3, -0.25) is 5.10 Å². The van der Waals surface area contributed by atoms with Crippen LogP contribution in [0.15, 0.2) is 54.7 Å². The zero-order chi connectivity index (χ0) is 18.9. The molecule has 3 aromatic heterocycles. The number of H-pyrrole nitrogens is 1. The first-order valence-corrected chi connectivity index (χ1v) is 9.79. The van der Waals surface area contributed by atoms with E-state index in [2.05, 4.69) is 57.1 Å². The van der Waals surface area contributed by atoms with Crippen LogP contribution in [-0.2, 0) is 0 Å². The van der Waals surface area contributed by atoms with Gasteiger partial charge in [-0.05, 0) is 37.0 Å². The number of anilines is 3. The number of aromatic nitrogens is 5. The van der Waals surface area contributed by atoms with Gasteiger partial charge >= 0.3 is 0 Å². The molecule has 0 aliphatic heterocycles. The topological polar surface area (TPSA) is 82.9 Å². The zero-order valence-corrected chi connectivity index (χ0v) is 15.8. The molecule has 1 aliphatic rings. The third kappa shape index (κ3) is 3.31. The number of rotatable bonds is 7. The van der Waals surface area contributed by atoms with Gasteiger partial charge in [0.25, 0.3) is 0 Å². The summed E-state index contributed by atoms with van der Waals surface area (Å²) in [6, 6.07) is 16.7. The molecule has 0 amide bonds. The Balaban J connectivity index is 1.44. The highest BCUT2D eigenvalue weighted by Gasteiger charge is 2.25. The molecule has 1 fully saturated rings. The number of benzene rings is 1. The van der Waals surface area contributed by atoms with Crippen molar-refractivity contribution in [2.45, 2.75) is 38.1 Å². The van der Waals surface area contributed by atoms with Crippen molar-refractivity contribution in [1.82, 2.24) is 24.8 Å². The van der Waals surface area contributed by atoms with Crippen molar-refractivity contribution in [1.29, 1.82) is 0 Å². The molecular formula is C21H23N7. The van der Waals surface area contributed by atoms with E-state index in [0.29, 0.717) is 11.9 Å². The van der Waals surface area contributed by atoms with Crippen molar-refractivity contribution in [2.75, 3.05) is 10.6 Å². The molecule has 1 aromatic carbocycles. The molecule has 1 atom stereocenters. The Morgan fingerprint density at radius 1 is 1.18 bits per heavy atom. The molecule has 7 heteroatoms. The number of nitrogens with one attached hydrogen (secondary N) is 3. The van der Waals surface area contributed by atoms with Crippen LogP contribution in [0.3, 0.4) is 0 Å². The predicted molar refractivity (Wildman–Crippen MR) is 110 cm³/mol. The molecule has 3 N–H and O–H groups in total. The first-order valence-electron chi connectivity index (χ1n) is 9.79. The smallest absolute Gasteiger partial charge is 0.248 e. The van der Waals surface area contributed by atoms with Gasteiger partial charge in [0.1, 0.15) is 5.52 Å². The number of hydrogen-bond donors (Lipinski definition) is 3. The van der Waals surface area contributed by atoms with E-state index in [1.54, 1.807) is 0 Å². The predicted octanol–water partition coefficient (Wildman–Crippen LogP) is 4.64. The van der Waals surface area contributed by atoms with E-state index < -0.39 is 0 Å². The van der Waals surface area contributed by atoms with E-state index in [9.17, 15) is 0 Å². The molecule has 0 unspecified atom stereocenters. The van der Waals surface area contributed by atoms with Crippen LogP contribution in [-0.4, -0.2) is 24.8 Å². The van der Waals surface area contributed by atoms with Crippen molar-refractivity contribution in [3.8, 4) is 0 Å². The molecule has 142 valence electrons. The average molecular weight is 373 g/mol. The largest absolute Gasteiger partial charge is 0.361 e. The van der Waals surface area contributed by atoms with Gasteiger partial charge in [0.15, 0.2) is 11.6 Å². The van der Waals surface area contributed by atoms with E-state index in [0.717, 1.165) is 23.6 Å². The first-order chi connectivity index (χ1) is 13.8. The SMILES string of the molecule is CC[C@H](Nc1nc(Nc2cc(C3CC3)[nH]n2)nn2cccc12)c1ccccc1. The van der Waals surface area contributed by atoms with E-state index in [1.165, 1.54) is 24.1 Å². The van der Waals surface area contributed by atoms with Gasteiger partial charge in [0, 0.05) is 23.9 Å². The molecule has 0 spiro atoms. The van der Waals surface area contributed by atoms with Gasteiger partial charge in [-0.25, -0.2) is 4.52 Å². The fraction of sp³-hybridized carbons (Fsp3) is 0.286. The van der Waals surface area contributed by atoms with Crippen LogP contribution in [0.5, 0.6) is 0 Å². The van der Waals surface area contributed by atoms with Gasteiger partial charge in [0.05, 0.1) is 6.04 Å².